The van der Waals surface area contributed by atoms with Crippen molar-refractivity contribution in [3.05, 3.63) is 51.7 Å². The van der Waals surface area contributed by atoms with Crippen molar-refractivity contribution in [1.82, 2.24) is 0 Å². The van der Waals surface area contributed by atoms with Crippen molar-refractivity contribution in [2.75, 3.05) is 0 Å². The fourth-order valence-corrected chi connectivity index (χ4v) is 2.15. The molecule has 16 heavy (non-hydrogen) atoms. The predicted octanol–water partition coefficient (Wildman–Crippen LogP) is 3.45. The summed E-state index contributed by atoms with van der Waals surface area (Å²) in [5.41, 5.74) is 2.72. The minimum absolute atomic E-state index is 0.509. The van der Waals surface area contributed by atoms with E-state index < -0.39 is 0 Å². The van der Waals surface area contributed by atoms with Gasteiger partial charge in [0.1, 0.15) is 12.4 Å². The van der Waals surface area contributed by atoms with Gasteiger partial charge in [-0.3, -0.25) is 4.79 Å². The van der Waals surface area contributed by atoms with Crippen LogP contribution in [0.15, 0.2) is 35.0 Å². The molecule has 0 N–H and O–H groups in total. The second kappa shape index (κ2) is 4.94. The number of rotatable bonds is 4. The second-order valence-corrected chi connectivity index (χ2v) is 4.31. The number of carbonyl (C=O) groups excluding carboxylic acids is 1. The molecule has 82 valence electrons. The molecule has 0 spiro atoms. The van der Waals surface area contributed by atoms with Gasteiger partial charge in [-0.25, -0.2) is 0 Å². The monoisotopic (exact) mass is 232 g/mol. The maximum Gasteiger partial charge on any atom is 0.153 e. The standard InChI is InChI=1S/C13H12O2S/c1-10-3-2-4-12(7-14)13(10)15-8-11-5-6-16-9-11/h2-7,9H,8H2,1H3. The second-order valence-electron chi connectivity index (χ2n) is 3.53. The lowest BCUT2D eigenvalue weighted by Gasteiger charge is -2.10. The summed E-state index contributed by atoms with van der Waals surface area (Å²) in [6.45, 7) is 2.45. The molecule has 2 rings (SSSR count). The molecule has 1 aromatic heterocycles. The lowest BCUT2D eigenvalue weighted by molar-refractivity contribution is 0.111. The zero-order valence-corrected chi connectivity index (χ0v) is 9.79. The van der Waals surface area contributed by atoms with Crippen LogP contribution in [0.2, 0.25) is 0 Å². The third kappa shape index (κ3) is 2.31. The Morgan fingerprint density at radius 1 is 1.38 bits per heavy atom. The van der Waals surface area contributed by atoms with Gasteiger partial charge in [0, 0.05) is 0 Å². The number of para-hydroxylation sites is 1. The van der Waals surface area contributed by atoms with Crippen LogP contribution in [0.1, 0.15) is 21.5 Å². The molecule has 1 aromatic carbocycles. The van der Waals surface area contributed by atoms with Gasteiger partial charge in [0.05, 0.1) is 5.56 Å². The Morgan fingerprint density at radius 2 is 2.25 bits per heavy atom. The Hall–Kier alpha value is -1.61. The van der Waals surface area contributed by atoms with Crippen LogP contribution in [-0.2, 0) is 6.61 Å². The van der Waals surface area contributed by atoms with Crippen molar-refractivity contribution < 1.29 is 9.53 Å². The van der Waals surface area contributed by atoms with Gasteiger partial charge >= 0.3 is 0 Å². The van der Waals surface area contributed by atoms with E-state index in [1.807, 2.05) is 35.9 Å². The first-order chi connectivity index (χ1) is 7.81. The van der Waals surface area contributed by atoms with E-state index in [-0.39, 0.29) is 0 Å². The maximum atomic E-state index is 10.9. The van der Waals surface area contributed by atoms with E-state index in [0.29, 0.717) is 17.9 Å². The maximum absolute atomic E-state index is 10.9. The molecule has 0 aliphatic heterocycles. The highest BCUT2D eigenvalue weighted by Gasteiger charge is 2.06. The Balaban J connectivity index is 2.17. The van der Waals surface area contributed by atoms with Gasteiger partial charge < -0.3 is 4.74 Å². The summed E-state index contributed by atoms with van der Waals surface area (Å²) in [7, 11) is 0. The highest BCUT2D eigenvalue weighted by Crippen LogP contribution is 2.23. The summed E-state index contributed by atoms with van der Waals surface area (Å²) in [6, 6.07) is 7.58. The highest BCUT2D eigenvalue weighted by atomic mass is 32.1. The summed E-state index contributed by atoms with van der Waals surface area (Å²) in [5, 5.41) is 4.05. The van der Waals surface area contributed by atoms with E-state index >= 15 is 0 Å². The highest BCUT2D eigenvalue weighted by molar-refractivity contribution is 7.07. The van der Waals surface area contributed by atoms with E-state index in [9.17, 15) is 4.79 Å². The molecule has 0 aliphatic carbocycles. The van der Waals surface area contributed by atoms with Gasteiger partial charge in [-0.05, 0) is 40.9 Å². The average molecular weight is 232 g/mol. The smallest absolute Gasteiger partial charge is 0.153 e. The van der Waals surface area contributed by atoms with Crippen molar-refractivity contribution >= 4 is 17.6 Å². The van der Waals surface area contributed by atoms with E-state index in [1.165, 1.54) is 0 Å². The van der Waals surface area contributed by atoms with Gasteiger partial charge in [0.2, 0.25) is 0 Å². The van der Waals surface area contributed by atoms with Gasteiger partial charge in [0.25, 0.3) is 0 Å². The molecule has 2 nitrogen and oxygen atoms in total. The lowest BCUT2D eigenvalue weighted by Crippen LogP contribution is -1.99. The zero-order valence-electron chi connectivity index (χ0n) is 8.97. The molecule has 0 aliphatic rings. The topological polar surface area (TPSA) is 26.3 Å². The molecule has 0 fully saturated rings. The number of ether oxygens (including phenoxy) is 1. The summed E-state index contributed by atoms with van der Waals surface area (Å²) in [6.07, 6.45) is 0.829. The quantitative estimate of drug-likeness (QED) is 0.755. The van der Waals surface area contributed by atoms with E-state index in [0.717, 1.165) is 17.4 Å². The normalized spacial score (nSPS) is 10.1. The Kier molecular flexibility index (Phi) is 3.37. The van der Waals surface area contributed by atoms with Crippen LogP contribution in [0.25, 0.3) is 0 Å². The van der Waals surface area contributed by atoms with Crippen molar-refractivity contribution in [2.24, 2.45) is 0 Å². The van der Waals surface area contributed by atoms with Crippen LogP contribution in [-0.4, -0.2) is 6.29 Å². The minimum atomic E-state index is 0.509. The van der Waals surface area contributed by atoms with Crippen molar-refractivity contribution in [1.29, 1.82) is 0 Å². The predicted molar refractivity (Wildman–Crippen MR) is 65.2 cm³/mol. The molecule has 3 heteroatoms. The van der Waals surface area contributed by atoms with Gasteiger partial charge in [0.15, 0.2) is 6.29 Å². The molecule has 0 atom stereocenters. The Bertz CT molecular complexity index is 475. The average Bonchev–Trinajstić information content (AvgIpc) is 2.80. The largest absolute Gasteiger partial charge is 0.488 e. The minimum Gasteiger partial charge on any atom is -0.488 e. The van der Waals surface area contributed by atoms with Crippen LogP contribution < -0.4 is 4.74 Å². The first-order valence-electron chi connectivity index (χ1n) is 5.00. The third-order valence-electron chi connectivity index (χ3n) is 2.33. The zero-order chi connectivity index (χ0) is 11.4. The molecule has 0 saturated carbocycles. The number of thiophene rings is 1. The van der Waals surface area contributed by atoms with Crippen LogP contribution >= 0.6 is 11.3 Å². The Labute approximate surface area is 98.5 Å². The Morgan fingerprint density at radius 3 is 2.94 bits per heavy atom. The van der Waals surface area contributed by atoms with Gasteiger partial charge in [-0.15, -0.1) is 0 Å². The van der Waals surface area contributed by atoms with Gasteiger partial charge in [-0.1, -0.05) is 12.1 Å². The van der Waals surface area contributed by atoms with Crippen LogP contribution in [0.5, 0.6) is 5.75 Å². The third-order valence-corrected chi connectivity index (χ3v) is 3.06. The fourth-order valence-electron chi connectivity index (χ4n) is 1.50. The summed E-state index contributed by atoms with van der Waals surface area (Å²) in [5.74, 6) is 0.684. The number of carbonyl (C=O) groups is 1. The van der Waals surface area contributed by atoms with Gasteiger partial charge in [-0.2, -0.15) is 11.3 Å². The van der Waals surface area contributed by atoms with Crippen LogP contribution in [0.4, 0.5) is 0 Å². The lowest BCUT2D eigenvalue weighted by atomic mass is 10.1. The number of benzene rings is 1. The summed E-state index contributed by atoms with van der Waals surface area (Å²) < 4.78 is 5.68. The first kappa shape index (κ1) is 10.9. The van der Waals surface area contributed by atoms with E-state index in [4.69, 9.17) is 4.74 Å². The molecule has 0 amide bonds. The SMILES string of the molecule is Cc1cccc(C=O)c1OCc1ccsc1. The number of aldehydes is 1. The first-order valence-corrected chi connectivity index (χ1v) is 5.94. The van der Waals surface area contributed by atoms with Crippen LogP contribution in [0.3, 0.4) is 0 Å². The molecule has 0 saturated heterocycles. The molecule has 0 bridgehead atoms. The van der Waals surface area contributed by atoms with E-state index in [2.05, 4.69) is 0 Å². The van der Waals surface area contributed by atoms with Crippen molar-refractivity contribution in [3.8, 4) is 5.75 Å². The summed E-state index contributed by atoms with van der Waals surface area (Å²) in [4.78, 5) is 10.9. The number of aryl methyl sites for hydroxylation is 1. The van der Waals surface area contributed by atoms with Crippen molar-refractivity contribution in [3.63, 3.8) is 0 Å². The molecule has 0 radical (unpaired) electrons. The molecule has 1 heterocycles. The van der Waals surface area contributed by atoms with Crippen LogP contribution in [0, 0.1) is 6.92 Å². The molecular weight excluding hydrogens is 220 g/mol. The molecular formula is C13H12O2S. The number of hydrogen-bond acceptors (Lipinski definition) is 3. The fraction of sp³-hybridized carbons (Fsp3) is 0.154. The number of hydrogen-bond donors (Lipinski definition) is 0. The molecule has 0 unspecified atom stereocenters. The molecule has 2 aromatic rings. The van der Waals surface area contributed by atoms with Crippen molar-refractivity contribution in [2.45, 2.75) is 13.5 Å². The van der Waals surface area contributed by atoms with E-state index in [1.54, 1.807) is 17.4 Å². The summed E-state index contributed by atoms with van der Waals surface area (Å²) >= 11 is 1.64.